The third-order valence-electron chi connectivity index (χ3n) is 2.89. The fourth-order valence-electron chi connectivity index (χ4n) is 2.10. The van der Waals surface area contributed by atoms with Gasteiger partial charge in [0.2, 0.25) is 0 Å². The Labute approximate surface area is 104 Å². The Balaban J connectivity index is 2.16. The summed E-state index contributed by atoms with van der Waals surface area (Å²) in [4.78, 5) is 11.5. The van der Waals surface area contributed by atoms with Crippen LogP contribution in [0.25, 0.3) is 0 Å². The predicted octanol–water partition coefficient (Wildman–Crippen LogP) is 1.61. The molecule has 100 valence electrons. The first-order chi connectivity index (χ1) is 7.88. The van der Waals surface area contributed by atoms with E-state index in [-0.39, 0.29) is 18.1 Å². The average Bonchev–Trinajstić information content (AvgIpc) is 2.18. The summed E-state index contributed by atoms with van der Waals surface area (Å²) < 4.78 is 5.21. The molecule has 4 nitrogen and oxygen atoms in total. The molecule has 0 spiro atoms. The highest BCUT2D eigenvalue weighted by Gasteiger charge is 2.22. The van der Waals surface area contributed by atoms with E-state index in [0.29, 0.717) is 13.0 Å². The topological polar surface area (TPSA) is 58.6 Å². The number of aliphatic hydroxyl groups is 1. The average molecular weight is 243 g/mol. The normalized spacial score (nSPS) is 25.6. The van der Waals surface area contributed by atoms with Gasteiger partial charge < -0.3 is 15.2 Å². The molecule has 2 N–H and O–H groups in total. The fraction of sp³-hybridized carbons (Fsp3) is 0.923. The van der Waals surface area contributed by atoms with Crippen LogP contribution in [-0.4, -0.2) is 35.4 Å². The zero-order chi connectivity index (χ0) is 12.9. The van der Waals surface area contributed by atoms with E-state index in [0.717, 1.165) is 25.7 Å². The van der Waals surface area contributed by atoms with Crippen LogP contribution < -0.4 is 5.32 Å². The quantitative estimate of drug-likeness (QED) is 0.737. The van der Waals surface area contributed by atoms with Crippen molar-refractivity contribution in [3.8, 4) is 0 Å². The van der Waals surface area contributed by atoms with Gasteiger partial charge in [0.25, 0.3) is 0 Å². The first kappa shape index (κ1) is 14.5. The largest absolute Gasteiger partial charge is 0.460 e. The number of aliphatic hydroxyl groups excluding tert-OH is 1. The first-order valence-electron chi connectivity index (χ1n) is 6.52. The highest BCUT2D eigenvalue weighted by Crippen LogP contribution is 2.18. The van der Waals surface area contributed by atoms with Crippen molar-refractivity contribution < 1.29 is 14.6 Å². The zero-order valence-corrected chi connectivity index (χ0v) is 11.2. The lowest BCUT2D eigenvalue weighted by atomic mass is 9.92. The van der Waals surface area contributed by atoms with Crippen molar-refractivity contribution in [2.45, 2.75) is 70.6 Å². The Morgan fingerprint density at radius 3 is 2.59 bits per heavy atom. The third kappa shape index (κ3) is 6.03. The lowest BCUT2D eigenvalue weighted by Crippen LogP contribution is -2.43. The molecule has 0 aliphatic heterocycles. The van der Waals surface area contributed by atoms with Crippen molar-refractivity contribution in [2.24, 2.45) is 0 Å². The summed E-state index contributed by atoms with van der Waals surface area (Å²) in [7, 11) is 0. The minimum atomic E-state index is -0.415. The summed E-state index contributed by atoms with van der Waals surface area (Å²) in [5, 5.41) is 13.0. The Kier molecular flexibility index (Phi) is 5.40. The van der Waals surface area contributed by atoms with E-state index in [4.69, 9.17) is 4.74 Å². The highest BCUT2D eigenvalue weighted by molar-refractivity contribution is 5.70. The van der Waals surface area contributed by atoms with Gasteiger partial charge in [-0.1, -0.05) is 12.8 Å². The van der Waals surface area contributed by atoms with Crippen LogP contribution in [0.3, 0.4) is 0 Å². The molecule has 1 aliphatic rings. The van der Waals surface area contributed by atoms with Crippen molar-refractivity contribution in [1.29, 1.82) is 0 Å². The molecule has 1 fully saturated rings. The molecular formula is C13H25NO3. The molecule has 1 aliphatic carbocycles. The van der Waals surface area contributed by atoms with E-state index < -0.39 is 5.60 Å². The molecule has 2 unspecified atom stereocenters. The summed E-state index contributed by atoms with van der Waals surface area (Å²) in [5.41, 5.74) is -0.415. The Bertz CT molecular complexity index is 248. The molecular weight excluding hydrogens is 218 g/mol. The minimum Gasteiger partial charge on any atom is -0.460 e. The molecule has 0 heterocycles. The number of rotatable bonds is 4. The molecule has 0 aromatic carbocycles. The second kappa shape index (κ2) is 6.36. The van der Waals surface area contributed by atoms with E-state index in [1.807, 2.05) is 20.8 Å². The molecule has 4 heteroatoms. The van der Waals surface area contributed by atoms with Crippen LogP contribution in [0, 0.1) is 0 Å². The number of carbonyl (C=O) groups is 1. The maximum Gasteiger partial charge on any atom is 0.307 e. The van der Waals surface area contributed by atoms with Crippen molar-refractivity contribution in [3.05, 3.63) is 0 Å². The fourth-order valence-corrected chi connectivity index (χ4v) is 2.10. The molecule has 1 saturated carbocycles. The van der Waals surface area contributed by atoms with Gasteiger partial charge in [0.1, 0.15) is 5.60 Å². The molecule has 2 atom stereocenters. The third-order valence-corrected chi connectivity index (χ3v) is 2.89. The van der Waals surface area contributed by atoms with Gasteiger partial charge in [-0.3, -0.25) is 4.79 Å². The van der Waals surface area contributed by atoms with Crippen LogP contribution in [0.4, 0.5) is 0 Å². The molecule has 0 aromatic rings. The number of ether oxygens (including phenoxy) is 1. The van der Waals surface area contributed by atoms with Gasteiger partial charge in [-0.25, -0.2) is 0 Å². The van der Waals surface area contributed by atoms with E-state index >= 15 is 0 Å². The van der Waals surface area contributed by atoms with Crippen molar-refractivity contribution in [2.75, 3.05) is 6.54 Å². The molecule has 0 amide bonds. The van der Waals surface area contributed by atoms with Gasteiger partial charge in [-0.2, -0.15) is 0 Å². The van der Waals surface area contributed by atoms with Crippen LogP contribution in [-0.2, 0) is 9.53 Å². The van der Waals surface area contributed by atoms with Crippen LogP contribution >= 0.6 is 0 Å². The van der Waals surface area contributed by atoms with Gasteiger partial charge >= 0.3 is 5.97 Å². The number of hydrogen-bond acceptors (Lipinski definition) is 4. The Hall–Kier alpha value is -0.610. The van der Waals surface area contributed by atoms with Crippen LogP contribution in [0.2, 0.25) is 0 Å². The molecule has 0 bridgehead atoms. The van der Waals surface area contributed by atoms with Crippen LogP contribution in [0.5, 0.6) is 0 Å². The van der Waals surface area contributed by atoms with Gasteiger partial charge in [0, 0.05) is 12.6 Å². The van der Waals surface area contributed by atoms with E-state index in [9.17, 15) is 9.90 Å². The van der Waals surface area contributed by atoms with Gasteiger partial charge in [0.15, 0.2) is 0 Å². The molecule has 17 heavy (non-hydrogen) atoms. The highest BCUT2D eigenvalue weighted by atomic mass is 16.6. The van der Waals surface area contributed by atoms with Gasteiger partial charge in [0.05, 0.1) is 12.5 Å². The van der Waals surface area contributed by atoms with Crippen molar-refractivity contribution in [1.82, 2.24) is 5.32 Å². The predicted molar refractivity (Wildman–Crippen MR) is 66.7 cm³/mol. The molecule has 0 aromatic heterocycles. The second-order valence-corrected chi connectivity index (χ2v) is 5.75. The summed E-state index contributed by atoms with van der Waals surface area (Å²) in [6, 6.07) is 0.145. The summed E-state index contributed by atoms with van der Waals surface area (Å²) in [6.45, 7) is 6.17. The lowest BCUT2D eigenvalue weighted by molar-refractivity contribution is -0.154. The summed E-state index contributed by atoms with van der Waals surface area (Å²) in [5.74, 6) is -0.185. The van der Waals surface area contributed by atoms with E-state index in [2.05, 4.69) is 5.32 Å². The van der Waals surface area contributed by atoms with Crippen molar-refractivity contribution >= 4 is 5.97 Å². The number of nitrogens with one attached hydrogen (secondary N) is 1. The number of carbonyl (C=O) groups excluding carboxylic acids is 1. The second-order valence-electron chi connectivity index (χ2n) is 5.75. The molecule has 0 radical (unpaired) electrons. The first-order valence-corrected chi connectivity index (χ1v) is 6.52. The van der Waals surface area contributed by atoms with E-state index in [1.165, 1.54) is 0 Å². The zero-order valence-electron chi connectivity index (χ0n) is 11.2. The Morgan fingerprint density at radius 2 is 2.00 bits per heavy atom. The Morgan fingerprint density at radius 1 is 1.35 bits per heavy atom. The van der Waals surface area contributed by atoms with Gasteiger partial charge in [-0.05, 0) is 33.6 Å². The summed E-state index contributed by atoms with van der Waals surface area (Å²) in [6.07, 6.45) is 4.22. The van der Waals surface area contributed by atoms with Gasteiger partial charge in [-0.15, -0.1) is 0 Å². The van der Waals surface area contributed by atoms with Crippen LogP contribution in [0.15, 0.2) is 0 Å². The smallest absolute Gasteiger partial charge is 0.307 e. The molecule has 0 saturated heterocycles. The van der Waals surface area contributed by atoms with Crippen molar-refractivity contribution in [3.63, 3.8) is 0 Å². The lowest BCUT2D eigenvalue weighted by Gasteiger charge is -2.28. The summed E-state index contributed by atoms with van der Waals surface area (Å²) >= 11 is 0. The standard InChI is InChI=1S/C13H25NO3/c1-13(2,3)17-12(16)8-9-14-10-6-4-5-7-11(10)15/h10-11,14-15H,4-9H2,1-3H3. The maximum atomic E-state index is 11.5. The monoisotopic (exact) mass is 243 g/mol. The maximum absolute atomic E-state index is 11.5. The number of hydrogen-bond donors (Lipinski definition) is 2. The SMILES string of the molecule is CC(C)(C)OC(=O)CCNC1CCCCC1O. The minimum absolute atomic E-state index is 0.145. The number of esters is 1. The van der Waals surface area contributed by atoms with Crippen LogP contribution in [0.1, 0.15) is 52.9 Å². The molecule has 1 rings (SSSR count). The van der Waals surface area contributed by atoms with E-state index in [1.54, 1.807) is 0 Å².